The van der Waals surface area contributed by atoms with Crippen molar-refractivity contribution in [2.45, 2.75) is 11.5 Å². The van der Waals surface area contributed by atoms with Crippen molar-refractivity contribution in [2.24, 2.45) is 0 Å². The molecule has 3 rings (SSSR count). The van der Waals surface area contributed by atoms with E-state index in [0.717, 1.165) is 5.56 Å². The molecular weight excluding hydrogens is 338 g/mol. The monoisotopic (exact) mass is 357 g/mol. The van der Waals surface area contributed by atoms with Crippen molar-refractivity contribution in [3.63, 3.8) is 0 Å². The van der Waals surface area contributed by atoms with Gasteiger partial charge in [0, 0.05) is 26.2 Å². The number of hydrogen-bond acceptors (Lipinski definition) is 5. The minimum absolute atomic E-state index is 0.223. The molecule has 0 atom stereocenters. The lowest BCUT2D eigenvalue weighted by Crippen LogP contribution is -2.46. The smallest absolute Gasteiger partial charge is 0.243 e. The fourth-order valence-electron chi connectivity index (χ4n) is 2.93. The normalized spacial score (nSPS) is 15.7. The van der Waals surface area contributed by atoms with E-state index in [0.29, 0.717) is 42.9 Å². The Kier molecular flexibility index (Phi) is 5.16. The third-order valence-corrected chi connectivity index (χ3v) is 6.16. The number of sulfonamides is 1. The zero-order chi connectivity index (χ0) is 17.9. The van der Waals surface area contributed by atoms with E-state index in [1.165, 1.54) is 4.31 Å². The maximum atomic E-state index is 12.8. The van der Waals surface area contributed by atoms with Gasteiger partial charge in [0.2, 0.25) is 10.0 Å². The van der Waals surface area contributed by atoms with Crippen molar-refractivity contribution in [3.05, 3.63) is 53.6 Å². The van der Waals surface area contributed by atoms with Gasteiger partial charge >= 0.3 is 0 Å². The maximum absolute atomic E-state index is 12.8. The van der Waals surface area contributed by atoms with Crippen LogP contribution in [0.1, 0.15) is 11.1 Å². The van der Waals surface area contributed by atoms with Crippen molar-refractivity contribution in [2.75, 3.05) is 26.2 Å². The molecule has 0 radical (unpaired) electrons. The average Bonchev–Trinajstić information content (AvgIpc) is 2.68. The van der Waals surface area contributed by atoms with Crippen LogP contribution in [0.4, 0.5) is 0 Å². The highest BCUT2D eigenvalue weighted by Gasteiger charge is 2.26. The summed E-state index contributed by atoms with van der Waals surface area (Å²) in [4.78, 5) is 0.236. The highest BCUT2D eigenvalue weighted by Crippen LogP contribution is 2.28. The Morgan fingerprint density at radius 1 is 1.16 bits per heavy atom. The molecule has 1 saturated heterocycles. The molecule has 0 saturated carbocycles. The van der Waals surface area contributed by atoms with Gasteiger partial charge in [-0.2, -0.15) is 9.57 Å². The summed E-state index contributed by atoms with van der Waals surface area (Å²) in [7, 11) is -3.55. The van der Waals surface area contributed by atoms with Crippen molar-refractivity contribution >= 4 is 10.0 Å². The van der Waals surface area contributed by atoms with Crippen molar-refractivity contribution in [3.8, 4) is 17.2 Å². The number of aliphatic hydroxyl groups is 1. The van der Waals surface area contributed by atoms with E-state index in [1.807, 2.05) is 6.07 Å². The SMILES string of the molecule is N#Cc1ccc(-c2cccc(S(=O)(=O)N3CCNCC3)c2)c(CO)c1. The molecule has 2 N–H and O–H groups in total. The molecule has 25 heavy (non-hydrogen) atoms. The van der Waals surface area contributed by atoms with Gasteiger partial charge in [-0.1, -0.05) is 18.2 Å². The predicted molar refractivity (Wildman–Crippen MR) is 94.1 cm³/mol. The summed E-state index contributed by atoms with van der Waals surface area (Å²) in [6.45, 7) is 1.96. The summed E-state index contributed by atoms with van der Waals surface area (Å²) in [5.74, 6) is 0. The number of nitrogens with zero attached hydrogens (tertiary/aromatic N) is 2. The number of aliphatic hydroxyl groups excluding tert-OH is 1. The summed E-state index contributed by atoms with van der Waals surface area (Å²) in [6, 6.07) is 13.8. The van der Waals surface area contributed by atoms with Crippen molar-refractivity contribution in [1.82, 2.24) is 9.62 Å². The van der Waals surface area contributed by atoms with E-state index in [4.69, 9.17) is 5.26 Å². The Morgan fingerprint density at radius 3 is 2.60 bits per heavy atom. The summed E-state index contributed by atoms with van der Waals surface area (Å²) in [6.07, 6.45) is 0. The highest BCUT2D eigenvalue weighted by atomic mass is 32.2. The van der Waals surface area contributed by atoms with Crippen LogP contribution >= 0.6 is 0 Å². The van der Waals surface area contributed by atoms with Gasteiger partial charge in [-0.25, -0.2) is 8.42 Å². The fourth-order valence-corrected chi connectivity index (χ4v) is 4.42. The Balaban J connectivity index is 2.01. The molecule has 0 bridgehead atoms. The molecule has 7 heteroatoms. The number of piperazine rings is 1. The van der Waals surface area contributed by atoms with Crippen LogP contribution in [0.25, 0.3) is 11.1 Å². The molecule has 0 aliphatic carbocycles. The third-order valence-electron chi connectivity index (χ3n) is 4.26. The Morgan fingerprint density at radius 2 is 1.92 bits per heavy atom. The number of nitriles is 1. The first-order valence-corrected chi connectivity index (χ1v) is 9.45. The van der Waals surface area contributed by atoms with Crippen LogP contribution in [-0.2, 0) is 16.6 Å². The highest BCUT2D eigenvalue weighted by molar-refractivity contribution is 7.89. The number of rotatable bonds is 4. The molecule has 1 aliphatic heterocycles. The first-order chi connectivity index (χ1) is 12.1. The van der Waals surface area contributed by atoms with E-state index in [9.17, 15) is 13.5 Å². The summed E-state index contributed by atoms with van der Waals surface area (Å²) < 4.78 is 27.1. The first-order valence-electron chi connectivity index (χ1n) is 8.01. The third kappa shape index (κ3) is 3.57. The van der Waals surface area contributed by atoms with E-state index >= 15 is 0 Å². The van der Waals surface area contributed by atoms with E-state index in [1.54, 1.807) is 42.5 Å². The topological polar surface area (TPSA) is 93.4 Å². The molecule has 2 aromatic rings. The van der Waals surface area contributed by atoms with Crippen LogP contribution in [0, 0.1) is 11.3 Å². The zero-order valence-corrected chi connectivity index (χ0v) is 14.5. The number of nitrogens with one attached hydrogen (secondary N) is 1. The summed E-state index contributed by atoms with van der Waals surface area (Å²) in [5, 5.41) is 21.7. The second kappa shape index (κ2) is 7.33. The number of hydrogen-bond donors (Lipinski definition) is 2. The van der Waals surface area contributed by atoms with Gasteiger partial charge in [0.05, 0.1) is 23.1 Å². The molecule has 6 nitrogen and oxygen atoms in total. The van der Waals surface area contributed by atoms with Gasteiger partial charge in [-0.15, -0.1) is 0 Å². The van der Waals surface area contributed by atoms with E-state index < -0.39 is 10.0 Å². The van der Waals surface area contributed by atoms with Gasteiger partial charge in [0.15, 0.2) is 0 Å². The van der Waals surface area contributed by atoms with Gasteiger partial charge in [0.25, 0.3) is 0 Å². The van der Waals surface area contributed by atoms with Crippen molar-refractivity contribution in [1.29, 1.82) is 5.26 Å². The molecule has 1 aliphatic rings. The molecule has 2 aromatic carbocycles. The molecular formula is C18H19N3O3S. The first kappa shape index (κ1) is 17.6. The lowest BCUT2D eigenvalue weighted by atomic mass is 9.98. The van der Waals surface area contributed by atoms with Gasteiger partial charge < -0.3 is 10.4 Å². The maximum Gasteiger partial charge on any atom is 0.243 e. The van der Waals surface area contributed by atoms with Crippen LogP contribution in [0.3, 0.4) is 0 Å². The number of benzene rings is 2. The standard InChI is InChI=1S/C18H19N3O3S/c19-12-14-4-5-18(16(10-14)13-22)15-2-1-3-17(11-15)25(23,24)21-8-6-20-7-9-21/h1-5,10-11,20,22H,6-9,13H2. The lowest BCUT2D eigenvalue weighted by molar-refractivity contribution is 0.282. The minimum atomic E-state index is -3.55. The zero-order valence-electron chi connectivity index (χ0n) is 13.6. The molecule has 0 spiro atoms. The summed E-state index contributed by atoms with van der Waals surface area (Å²) >= 11 is 0. The predicted octanol–water partition coefficient (Wildman–Crippen LogP) is 1.31. The molecule has 1 fully saturated rings. The van der Waals surface area contributed by atoms with Crippen LogP contribution in [0.2, 0.25) is 0 Å². The van der Waals surface area contributed by atoms with E-state index in [2.05, 4.69) is 5.32 Å². The minimum Gasteiger partial charge on any atom is -0.392 e. The second-order valence-corrected chi connectivity index (χ2v) is 7.76. The second-order valence-electron chi connectivity index (χ2n) is 5.82. The van der Waals surface area contributed by atoms with Crippen LogP contribution < -0.4 is 5.32 Å². The average molecular weight is 357 g/mol. The molecule has 1 heterocycles. The van der Waals surface area contributed by atoms with Crippen LogP contribution in [-0.4, -0.2) is 44.0 Å². The summed E-state index contributed by atoms with van der Waals surface area (Å²) in [5.41, 5.74) is 2.47. The molecule has 0 amide bonds. The van der Waals surface area contributed by atoms with Gasteiger partial charge in [-0.3, -0.25) is 0 Å². The molecule has 130 valence electrons. The Bertz CT molecular complexity index is 913. The Hall–Kier alpha value is -2.24. The van der Waals surface area contributed by atoms with Gasteiger partial charge in [-0.05, 0) is 41.0 Å². The van der Waals surface area contributed by atoms with Crippen molar-refractivity contribution < 1.29 is 13.5 Å². The lowest BCUT2D eigenvalue weighted by Gasteiger charge is -2.26. The molecule has 0 aromatic heterocycles. The Labute approximate surface area is 147 Å². The van der Waals surface area contributed by atoms with E-state index in [-0.39, 0.29) is 11.5 Å². The largest absolute Gasteiger partial charge is 0.392 e. The quantitative estimate of drug-likeness (QED) is 0.861. The molecule has 0 unspecified atom stereocenters. The van der Waals surface area contributed by atoms with Crippen LogP contribution in [0.5, 0.6) is 0 Å². The van der Waals surface area contributed by atoms with Crippen LogP contribution in [0.15, 0.2) is 47.4 Å². The van der Waals surface area contributed by atoms with Gasteiger partial charge in [0.1, 0.15) is 0 Å². The fraction of sp³-hybridized carbons (Fsp3) is 0.278.